The van der Waals surface area contributed by atoms with E-state index in [0.29, 0.717) is 28.7 Å². The number of hydrogen-bond donors (Lipinski definition) is 0. The normalized spacial score (nSPS) is 10.9. The Balaban J connectivity index is 2.12. The van der Waals surface area contributed by atoms with Crippen LogP contribution in [0.25, 0.3) is 10.9 Å². The molecule has 0 saturated carbocycles. The highest BCUT2D eigenvalue weighted by atomic mass is 32.1. The molecule has 0 aliphatic heterocycles. The van der Waals surface area contributed by atoms with Crippen molar-refractivity contribution in [3.8, 4) is 0 Å². The van der Waals surface area contributed by atoms with E-state index in [4.69, 9.17) is 4.74 Å². The smallest absolute Gasteiger partial charge is 0.341 e. The molecular formula is C18H18FN3O2S. The van der Waals surface area contributed by atoms with Gasteiger partial charge in [-0.1, -0.05) is 0 Å². The Kier molecular flexibility index (Phi) is 4.94. The molecule has 0 spiro atoms. The SMILES string of the molecule is CCOC(=O)c1cnc2ccc(F)cc2c1N(C)Cc1nc(C)cs1. The van der Waals surface area contributed by atoms with Crippen LogP contribution in [0, 0.1) is 12.7 Å². The number of carbonyl (C=O) groups excluding carboxylic acids is 1. The molecule has 0 saturated heterocycles. The second-order valence-corrected chi connectivity index (χ2v) is 6.58. The Labute approximate surface area is 149 Å². The van der Waals surface area contributed by atoms with Crippen molar-refractivity contribution < 1.29 is 13.9 Å². The minimum absolute atomic E-state index is 0.259. The van der Waals surface area contributed by atoms with E-state index in [1.165, 1.54) is 18.3 Å². The minimum atomic E-state index is -0.474. The zero-order chi connectivity index (χ0) is 18.0. The lowest BCUT2D eigenvalue weighted by atomic mass is 10.1. The number of benzene rings is 1. The first-order chi connectivity index (χ1) is 12.0. The van der Waals surface area contributed by atoms with Crippen LogP contribution in [0.4, 0.5) is 10.1 Å². The van der Waals surface area contributed by atoms with Gasteiger partial charge in [-0.2, -0.15) is 0 Å². The lowest BCUT2D eigenvalue weighted by Crippen LogP contribution is -2.21. The molecule has 0 aliphatic rings. The van der Waals surface area contributed by atoms with Crippen LogP contribution in [0.3, 0.4) is 0 Å². The zero-order valence-electron chi connectivity index (χ0n) is 14.2. The predicted octanol–water partition coefficient (Wildman–Crippen LogP) is 3.95. The largest absolute Gasteiger partial charge is 0.462 e. The Morgan fingerprint density at radius 2 is 2.20 bits per heavy atom. The number of rotatable bonds is 5. The minimum Gasteiger partial charge on any atom is -0.462 e. The number of carbonyl (C=O) groups is 1. The molecule has 0 fully saturated rings. The summed E-state index contributed by atoms with van der Waals surface area (Å²) in [6.07, 6.45) is 1.48. The Bertz CT molecular complexity index is 926. The summed E-state index contributed by atoms with van der Waals surface area (Å²) < 4.78 is 19.0. The number of anilines is 1. The topological polar surface area (TPSA) is 55.3 Å². The highest BCUT2D eigenvalue weighted by Crippen LogP contribution is 2.31. The second kappa shape index (κ2) is 7.14. The van der Waals surface area contributed by atoms with E-state index in [1.54, 1.807) is 24.3 Å². The van der Waals surface area contributed by atoms with E-state index in [-0.39, 0.29) is 12.4 Å². The van der Waals surface area contributed by atoms with Gasteiger partial charge in [-0.15, -0.1) is 11.3 Å². The van der Waals surface area contributed by atoms with Gasteiger partial charge in [0.25, 0.3) is 0 Å². The van der Waals surface area contributed by atoms with Crippen LogP contribution < -0.4 is 4.90 Å². The molecule has 0 N–H and O–H groups in total. The van der Waals surface area contributed by atoms with Gasteiger partial charge in [0.15, 0.2) is 0 Å². The molecule has 25 heavy (non-hydrogen) atoms. The molecule has 2 aromatic heterocycles. The maximum absolute atomic E-state index is 13.8. The van der Waals surface area contributed by atoms with Crippen molar-refractivity contribution in [3.05, 3.63) is 51.9 Å². The van der Waals surface area contributed by atoms with Gasteiger partial charge in [-0.25, -0.2) is 14.2 Å². The third kappa shape index (κ3) is 3.61. The third-order valence-corrected chi connectivity index (χ3v) is 4.67. The predicted molar refractivity (Wildman–Crippen MR) is 96.6 cm³/mol. The number of esters is 1. The van der Waals surface area contributed by atoms with E-state index in [0.717, 1.165) is 10.7 Å². The van der Waals surface area contributed by atoms with Crippen molar-refractivity contribution in [1.29, 1.82) is 0 Å². The molecule has 3 aromatic rings. The number of pyridine rings is 1. The molecule has 0 aliphatic carbocycles. The van der Waals surface area contributed by atoms with Gasteiger partial charge in [-0.05, 0) is 32.0 Å². The molecule has 3 rings (SSSR count). The van der Waals surface area contributed by atoms with Crippen molar-refractivity contribution in [2.45, 2.75) is 20.4 Å². The molecule has 0 atom stereocenters. The number of aromatic nitrogens is 2. The number of thiazole rings is 1. The van der Waals surface area contributed by atoms with Gasteiger partial charge in [0.2, 0.25) is 0 Å². The number of ether oxygens (including phenoxy) is 1. The summed E-state index contributed by atoms with van der Waals surface area (Å²) in [4.78, 5) is 23.0. The first kappa shape index (κ1) is 17.3. The summed E-state index contributed by atoms with van der Waals surface area (Å²) >= 11 is 1.55. The number of aryl methyl sites for hydroxylation is 1. The van der Waals surface area contributed by atoms with Crippen LogP contribution in [0.2, 0.25) is 0 Å². The highest BCUT2D eigenvalue weighted by molar-refractivity contribution is 7.09. The average molecular weight is 359 g/mol. The standard InChI is InChI=1S/C18H18FN3O2S/c1-4-24-18(23)14-8-20-15-6-5-12(19)7-13(15)17(14)22(3)9-16-21-11(2)10-25-16/h5-8,10H,4,9H2,1-3H3. The Morgan fingerprint density at radius 3 is 2.88 bits per heavy atom. The number of halogens is 1. The van der Waals surface area contributed by atoms with Crippen LogP contribution in [0.1, 0.15) is 28.0 Å². The van der Waals surface area contributed by atoms with E-state index in [1.807, 2.05) is 24.3 Å². The Morgan fingerprint density at radius 1 is 1.40 bits per heavy atom. The van der Waals surface area contributed by atoms with E-state index < -0.39 is 5.97 Å². The molecular weight excluding hydrogens is 341 g/mol. The van der Waals surface area contributed by atoms with E-state index >= 15 is 0 Å². The first-order valence-corrected chi connectivity index (χ1v) is 8.75. The maximum Gasteiger partial charge on any atom is 0.341 e. The summed E-state index contributed by atoms with van der Waals surface area (Å²) in [5, 5.41) is 3.46. The molecule has 0 bridgehead atoms. The lowest BCUT2D eigenvalue weighted by Gasteiger charge is -2.22. The van der Waals surface area contributed by atoms with Crippen LogP contribution in [0.5, 0.6) is 0 Å². The molecule has 130 valence electrons. The van der Waals surface area contributed by atoms with Gasteiger partial charge in [0.1, 0.15) is 16.4 Å². The summed E-state index contributed by atoms with van der Waals surface area (Å²) in [6.45, 7) is 4.43. The average Bonchev–Trinajstić information content (AvgIpc) is 2.98. The fourth-order valence-corrected chi connectivity index (χ4v) is 3.50. The first-order valence-electron chi connectivity index (χ1n) is 7.87. The van der Waals surface area contributed by atoms with Crippen molar-refractivity contribution >= 4 is 33.9 Å². The summed E-state index contributed by atoms with van der Waals surface area (Å²) in [7, 11) is 1.85. The van der Waals surface area contributed by atoms with Gasteiger partial charge in [0.05, 0.1) is 24.4 Å². The monoisotopic (exact) mass is 359 g/mol. The molecule has 7 heteroatoms. The van der Waals surface area contributed by atoms with E-state index in [2.05, 4.69) is 9.97 Å². The maximum atomic E-state index is 13.8. The van der Waals surface area contributed by atoms with Crippen molar-refractivity contribution in [1.82, 2.24) is 9.97 Å². The van der Waals surface area contributed by atoms with Gasteiger partial charge < -0.3 is 9.64 Å². The van der Waals surface area contributed by atoms with Crippen molar-refractivity contribution in [2.24, 2.45) is 0 Å². The fourth-order valence-electron chi connectivity index (χ4n) is 2.68. The quantitative estimate of drug-likeness (QED) is 0.646. The number of nitrogens with zero attached hydrogens (tertiary/aromatic N) is 3. The van der Waals surface area contributed by atoms with Gasteiger partial charge >= 0.3 is 5.97 Å². The summed E-state index contributed by atoms with van der Waals surface area (Å²) in [5.41, 5.74) is 2.47. The zero-order valence-corrected chi connectivity index (χ0v) is 15.1. The highest BCUT2D eigenvalue weighted by Gasteiger charge is 2.20. The van der Waals surface area contributed by atoms with Crippen LogP contribution in [0.15, 0.2) is 29.8 Å². The number of hydrogen-bond acceptors (Lipinski definition) is 6. The summed E-state index contributed by atoms with van der Waals surface area (Å²) in [5.74, 6) is -0.853. The van der Waals surface area contributed by atoms with Gasteiger partial charge in [0, 0.05) is 29.7 Å². The lowest BCUT2D eigenvalue weighted by molar-refractivity contribution is 0.0527. The van der Waals surface area contributed by atoms with Crippen LogP contribution in [-0.2, 0) is 11.3 Å². The fraction of sp³-hybridized carbons (Fsp3) is 0.278. The van der Waals surface area contributed by atoms with E-state index in [9.17, 15) is 9.18 Å². The molecule has 2 heterocycles. The molecule has 0 radical (unpaired) electrons. The van der Waals surface area contributed by atoms with Gasteiger partial charge in [-0.3, -0.25) is 4.98 Å². The van der Waals surface area contributed by atoms with Crippen molar-refractivity contribution in [3.63, 3.8) is 0 Å². The third-order valence-electron chi connectivity index (χ3n) is 3.72. The molecule has 0 unspecified atom stereocenters. The molecule has 1 aromatic carbocycles. The Hall–Kier alpha value is -2.54. The molecule has 5 nitrogen and oxygen atoms in total. The summed E-state index contributed by atoms with van der Waals surface area (Å²) in [6, 6.07) is 4.35. The van der Waals surface area contributed by atoms with Crippen molar-refractivity contribution in [2.75, 3.05) is 18.6 Å². The molecule has 0 amide bonds. The second-order valence-electron chi connectivity index (χ2n) is 5.64. The number of fused-ring (bicyclic) bond motifs is 1. The van der Waals surface area contributed by atoms with Crippen LogP contribution in [-0.4, -0.2) is 29.6 Å². The van der Waals surface area contributed by atoms with Crippen LogP contribution >= 0.6 is 11.3 Å².